The lowest BCUT2D eigenvalue weighted by Gasteiger charge is -2.52. The van der Waals surface area contributed by atoms with Gasteiger partial charge in [0, 0.05) is 40.5 Å². The Hall–Kier alpha value is -2.30. The number of aromatic nitrogens is 2. The first kappa shape index (κ1) is 29.9. The van der Waals surface area contributed by atoms with E-state index in [2.05, 4.69) is 20.6 Å². The summed E-state index contributed by atoms with van der Waals surface area (Å²) >= 11 is 11.7. The lowest BCUT2D eigenvalue weighted by atomic mass is 9.28. The second kappa shape index (κ2) is 12.3. The molecule has 0 aliphatic carbocycles. The monoisotopic (exact) mass is 516 g/mol. The van der Waals surface area contributed by atoms with Crippen LogP contribution in [0.25, 0.3) is 11.1 Å². The third kappa shape index (κ3) is 7.60. The van der Waals surface area contributed by atoms with Crippen LogP contribution in [0.1, 0.15) is 10.5 Å². The van der Waals surface area contributed by atoms with Crippen LogP contribution < -0.4 is 10.6 Å². The number of pyridine rings is 1. The number of H-pyrrole nitrogens is 1. The zero-order valence-electron chi connectivity index (χ0n) is 19.0. The first-order valence-electron chi connectivity index (χ1n) is 10.3. The van der Waals surface area contributed by atoms with Gasteiger partial charge in [0.05, 0.1) is 35.2 Å². The van der Waals surface area contributed by atoms with Crippen LogP contribution in [-0.4, -0.2) is 94.7 Å². The summed E-state index contributed by atoms with van der Waals surface area (Å²) in [7, 11) is 27.8. The van der Waals surface area contributed by atoms with E-state index in [4.69, 9.17) is 67.5 Å². The fraction of sp³-hybridized carbons (Fsp3) is 0.238. The van der Waals surface area contributed by atoms with Crippen molar-refractivity contribution in [3.63, 3.8) is 0 Å². The van der Waals surface area contributed by atoms with Crippen LogP contribution in [0.3, 0.4) is 0 Å². The van der Waals surface area contributed by atoms with Gasteiger partial charge in [-0.25, -0.2) is 4.98 Å². The number of aliphatic hydroxyl groups excluding tert-OH is 1. The minimum absolute atomic E-state index is 0.0389. The van der Waals surface area contributed by atoms with Crippen molar-refractivity contribution < 1.29 is 20.1 Å². The summed E-state index contributed by atoms with van der Waals surface area (Å²) in [4.78, 5) is 18.7. The molecular formula is C21H19B5Cl2N4O4. The number of hydrogen-bond donors (Lipinski definition) is 6. The van der Waals surface area contributed by atoms with Crippen LogP contribution in [0.4, 0.5) is 5.82 Å². The Morgan fingerprint density at radius 2 is 1.69 bits per heavy atom. The molecule has 1 aromatic carbocycles. The molecule has 0 fully saturated rings. The third-order valence-electron chi connectivity index (χ3n) is 4.81. The number of aliphatic hydroxyl groups is 3. The van der Waals surface area contributed by atoms with E-state index in [-0.39, 0.29) is 29.7 Å². The Morgan fingerprint density at radius 3 is 2.19 bits per heavy atom. The first-order valence-corrected chi connectivity index (χ1v) is 11.1. The Morgan fingerprint density at radius 1 is 1.06 bits per heavy atom. The van der Waals surface area contributed by atoms with E-state index in [1.165, 1.54) is 24.5 Å². The molecule has 176 valence electrons. The number of nitrogens with zero attached hydrogens (tertiary/aromatic N) is 1. The Kier molecular flexibility index (Phi) is 10.2. The minimum atomic E-state index is -3.13. The van der Waals surface area contributed by atoms with Crippen molar-refractivity contribution in [2.75, 3.05) is 18.5 Å². The van der Waals surface area contributed by atoms with Gasteiger partial charge in [-0.3, -0.25) is 4.79 Å². The number of nitrogens with one attached hydrogen (secondary N) is 3. The predicted molar refractivity (Wildman–Crippen MR) is 145 cm³/mol. The molecule has 8 nitrogen and oxygen atoms in total. The molecule has 0 spiro atoms. The fourth-order valence-electron chi connectivity index (χ4n) is 2.81. The normalized spacial score (nSPS) is 13.1. The highest BCUT2D eigenvalue weighted by Gasteiger charge is 2.48. The first-order chi connectivity index (χ1) is 16.7. The number of rotatable bonds is 8. The van der Waals surface area contributed by atoms with Gasteiger partial charge in [-0.15, -0.1) is 5.11 Å². The van der Waals surface area contributed by atoms with E-state index in [1.807, 2.05) is 30.3 Å². The van der Waals surface area contributed by atoms with Crippen molar-refractivity contribution in [2.24, 2.45) is 0 Å². The average molecular weight is 516 g/mol. The van der Waals surface area contributed by atoms with E-state index in [1.54, 1.807) is 0 Å². The summed E-state index contributed by atoms with van der Waals surface area (Å²) in [6.45, 7) is -0.105. The Balaban J connectivity index is 0.000000558. The molecule has 3 aromatic rings. The topological polar surface area (TPSA) is 130 Å². The number of carbonyl (C=O) groups is 1. The summed E-state index contributed by atoms with van der Waals surface area (Å²) in [6.07, 6.45) is 2.76. The molecule has 10 radical (unpaired) electrons. The number of aromatic amines is 1. The maximum absolute atomic E-state index is 12.0. The van der Waals surface area contributed by atoms with Gasteiger partial charge in [-0.1, -0.05) is 41.4 Å². The Bertz CT molecular complexity index is 1140. The molecule has 2 aromatic heterocycles. The molecule has 0 bridgehead atoms. The molecule has 0 aliphatic heterocycles. The van der Waals surface area contributed by atoms with E-state index in [9.17, 15) is 15.0 Å². The zero-order chi connectivity index (χ0) is 27.1. The second-order valence-electron chi connectivity index (χ2n) is 7.72. The van der Waals surface area contributed by atoms with Gasteiger partial charge in [0.15, 0.2) is 7.85 Å². The smallest absolute Gasteiger partial charge is 0.267 e. The summed E-state index contributed by atoms with van der Waals surface area (Å²) in [5.41, 5.74) is -4.52. The molecular weight excluding hydrogens is 497 g/mol. The van der Waals surface area contributed by atoms with Gasteiger partial charge in [0.2, 0.25) is 0 Å². The maximum atomic E-state index is 12.0. The lowest BCUT2D eigenvalue weighted by molar-refractivity contribution is -0.109. The third-order valence-corrected chi connectivity index (χ3v) is 5.37. The number of benzene rings is 1. The highest BCUT2D eigenvalue weighted by molar-refractivity contribution is 6.63. The number of hydrogen-bond acceptors (Lipinski definition) is 6. The van der Waals surface area contributed by atoms with Crippen LogP contribution in [-0.2, 0) is 0 Å². The summed E-state index contributed by atoms with van der Waals surface area (Å²) in [5.74, 6) is -0.467. The highest BCUT2D eigenvalue weighted by atomic mass is 35.5. The van der Waals surface area contributed by atoms with E-state index in [0.717, 1.165) is 5.02 Å². The van der Waals surface area contributed by atoms with Gasteiger partial charge in [-0.2, -0.15) is 0 Å². The number of carbonyl (C=O) groups excluding carboxylic acids is 1. The number of amides is 1. The number of halogens is 2. The standard InChI is InChI=1S/C15H14B5ClN4O4.C6H5Cl/c16-13(14(17,18)19,15(20,28)29)25-11-4-8(9(21)6-24-11)7-3-10(23-5-7)12(27)22-1-2-26;7-6-4-2-1-3-5-6/h3-6,23,26,28-29H,1-2H2,(H,22,27)(H,24,25);1-5H. The van der Waals surface area contributed by atoms with Crippen molar-refractivity contribution >= 4 is 74.2 Å². The van der Waals surface area contributed by atoms with Crippen LogP contribution in [0, 0.1) is 0 Å². The molecule has 36 heavy (non-hydrogen) atoms. The summed E-state index contributed by atoms with van der Waals surface area (Å²) < 4.78 is 0. The lowest BCUT2D eigenvalue weighted by Crippen LogP contribution is -2.67. The molecule has 1 unspecified atom stereocenters. The van der Waals surface area contributed by atoms with Gasteiger partial charge in [0.1, 0.15) is 25.0 Å². The van der Waals surface area contributed by atoms with Gasteiger partial charge < -0.3 is 30.9 Å². The quantitative estimate of drug-likeness (QED) is 0.191. The molecule has 1 amide bonds. The van der Waals surface area contributed by atoms with Gasteiger partial charge >= 0.3 is 0 Å². The van der Waals surface area contributed by atoms with Crippen LogP contribution in [0.2, 0.25) is 15.2 Å². The van der Waals surface area contributed by atoms with Crippen molar-refractivity contribution in [3.05, 3.63) is 70.6 Å². The minimum Gasteiger partial charge on any atom is -0.395 e. The van der Waals surface area contributed by atoms with Crippen LogP contribution in [0.5, 0.6) is 0 Å². The zero-order valence-corrected chi connectivity index (χ0v) is 20.5. The molecule has 0 saturated carbocycles. The summed E-state index contributed by atoms with van der Waals surface area (Å²) in [6, 6.07) is 12.3. The number of anilines is 1. The fourth-order valence-corrected chi connectivity index (χ4v) is 3.17. The van der Waals surface area contributed by atoms with Crippen molar-refractivity contribution in [1.82, 2.24) is 15.3 Å². The maximum Gasteiger partial charge on any atom is 0.267 e. The second-order valence-corrected chi connectivity index (χ2v) is 8.56. The molecule has 3 rings (SSSR count). The van der Waals surface area contributed by atoms with E-state index >= 15 is 0 Å². The molecule has 0 saturated heterocycles. The summed E-state index contributed by atoms with van der Waals surface area (Å²) in [5, 5.41) is 31.9. The van der Waals surface area contributed by atoms with Gasteiger partial charge in [-0.05, 0) is 24.3 Å². The Labute approximate surface area is 225 Å². The molecule has 6 N–H and O–H groups in total. The van der Waals surface area contributed by atoms with Crippen molar-refractivity contribution in [2.45, 2.75) is 16.2 Å². The van der Waals surface area contributed by atoms with Crippen molar-refractivity contribution in [3.8, 4) is 11.1 Å². The van der Waals surface area contributed by atoms with E-state index in [0.29, 0.717) is 11.1 Å². The predicted octanol–water partition coefficient (Wildman–Crippen LogP) is 0.455. The van der Waals surface area contributed by atoms with Gasteiger partial charge in [0.25, 0.3) is 5.91 Å². The molecule has 1 atom stereocenters. The highest BCUT2D eigenvalue weighted by Crippen LogP contribution is 2.37. The molecule has 0 aliphatic rings. The molecule has 2 heterocycles. The largest absolute Gasteiger partial charge is 0.395 e. The van der Waals surface area contributed by atoms with Crippen molar-refractivity contribution in [1.29, 1.82) is 0 Å². The van der Waals surface area contributed by atoms with Crippen LogP contribution in [0.15, 0.2) is 54.9 Å². The molecule has 15 heteroatoms. The SMILES string of the molecule is Clc1ccccc1.[B]C([B])([B])C([B])(Nc1cc(-c2c[nH]c(C(=O)NCCO)c2)c(Cl)cn1)C([B])(O)O. The average Bonchev–Trinajstić information content (AvgIpc) is 3.28. The van der Waals surface area contributed by atoms with Crippen LogP contribution >= 0.6 is 23.2 Å². The van der Waals surface area contributed by atoms with E-state index < -0.39 is 22.1 Å².